The summed E-state index contributed by atoms with van der Waals surface area (Å²) in [6, 6.07) is 7.25. The lowest BCUT2D eigenvalue weighted by Crippen LogP contribution is -2.32. The highest BCUT2D eigenvalue weighted by Gasteiger charge is 2.31. The molecule has 1 heterocycles. The number of carbonyl (C=O) groups is 3. The molecule has 2 fully saturated rings. The van der Waals surface area contributed by atoms with Crippen molar-refractivity contribution < 1.29 is 19.1 Å². The van der Waals surface area contributed by atoms with Gasteiger partial charge in [-0.3, -0.25) is 14.5 Å². The number of carbonyl (C=O) groups excluding carboxylic acids is 3. The molecule has 0 atom stereocenters. The smallest absolute Gasteiger partial charge is 0.337 e. The first-order chi connectivity index (χ1) is 15.0. The van der Waals surface area contributed by atoms with Gasteiger partial charge >= 0.3 is 5.97 Å². The van der Waals surface area contributed by atoms with Crippen molar-refractivity contribution >= 4 is 52.2 Å². The molecule has 2 aliphatic rings. The van der Waals surface area contributed by atoms with E-state index >= 15 is 0 Å². The van der Waals surface area contributed by atoms with E-state index in [-0.39, 0.29) is 11.8 Å². The summed E-state index contributed by atoms with van der Waals surface area (Å²) in [5.41, 5.74) is 1.28. The predicted molar refractivity (Wildman–Crippen MR) is 127 cm³/mol. The number of hydrogen-bond donors (Lipinski definition) is 1. The molecular weight excluding hydrogens is 432 g/mol. The van der Waals surface area contributed by atoms with Crippen molar-refractivity contribution in [1.29, 1.82) is 0 Å². The summed E-state index contributed by atoms with van der Waals surface area (Å²) in [5, 5.41) is 3.11. The van der Waals surface area contributed by atoms with Gasteiger partial charge in [0.2, 0.25) is 5.91 Å². The summed E-state index contributed by atoms with van der Waals surface area (Å²) in [5.74, 6) is -0.349. The van der Waals surface area contributed by atoms with Gasteiger partial charge in [-0.2, -0.15) is 0 Å². The molecule has 8 heteroatoms. The molecule has 1 aliphatic carbocycles. The van der Waals surface area contributed by atoms with Crippen molar-refractivity contribution in [3.8, 4) is 0 Å². The van der Waals surface area contributed by atoms with E-state index in [0.29, 0.717) is 33.8 Å². The first kappa shape index (κ1) is 23.5. The monoisotopic (exact) mass is 460 g/mol. The van der Waals surface area contributed by atoms with Crippen molar-refractivity contribution in [2.24, 2.45) is 0 Å². The summed E-state index contributed by atoms with van der Waals surface area (Å²) in [4.78, 5) is 38.4. The van der Waals surface area contributed by atoms with Crippen molar-refractivity contribution in [2.75, 3.05) is 13.7 Å². The van der Waals surface area contributed by atoms with Crippen LogP contribution in [0.1, 0.15) is 67.3 Å². The highest BCUT2D eigenvalue weighted by Crippen LogP contribution is 2.32. The van der Waals surface area contributed by atoms with Gasteiger partial charge in [0.15, 0.2) is 0 Å². The van der Waals surface area contributed by atoms with Crippen LogP contribution in [0.3, 0.4) is 0 Å². The largest absolute Gasteiger partial charge is 0.465 e. The van der Waals surface area contributed by atoms with Crippen molar-refractivity contribution in [3.63, 3.8) is 0 Å². The Morgan fingerprint density at radius 3 is 2.58 bits per heavy atom. The Bertz CT molecular complexity index is 861. The third-order valence-corrected chi connectivity index (χ3v) is 6.89. The van der Waals surface area contributed by atoms with Gasteiger partial charge in [0, 0.05) is 19.0 Å². The molecular formula is C23H28N2O4S2. The molecule has 0 aromatic heterocycles. The van der Waals surface area contributed by atoms with E-state index in [1.165, 1.54) is 31.7 Å². The standard InChI is InChI=1S/C23H28N2O4S2/c1-29-22(28)17-12-10-16(11-13-17)15-19-21(27)25(23(30)31-19)14-6-2-3-9-20(26)24-18-7-4-5-8-18/h10-13,15,18H,2-9,14H2,1H3,(H,24,26). The van der Waals surface area contributed by atoms with Gasteiger partial charge in [0.05, 0.1) is 17.6 Å². The highest BCUT2D eigenvalue weighted by atomic mass is 32.2. The van der Waals surface area contributed by atoms with Crippen LogP contribution in [-0.4, -0.2) is 46.7 Å². The normalized spacial score (nSPS) is 18.1. The SMILES string of the molecule is COC(=O)c1ccc(C=C2SC(=S)N(CCCCCC(=O)NC3CCCC3)C2=O)cc1. The number of nitrogens with zero attached hydrogens (tertiary/aromatic N) is 1. The summed E-state index contributed by atoms with van der Waals surface area (Å²) < 4.78 is 5.25. The number of nitrogens with one attached hydrogen (secondary N) is 1. The summed E-state index contributed by atoms with van der Waals surface area (Å²) in [6.45, 7) is 0.563. The number of thioether (sulfide) groups is 1. The molecule has 1 aromatic rings. The lowest BCUT2D eigenvalue weighted by molar-refractivity contribution is -0.123. The van der Waals surface area contributed by atoms with Crippen molar-refractivity contribution in [2.45, 2.75) is 57.4 Å². The lowest BCUT2D eigenvalue weighted by Gasteiger charge is -2.14. The maximum Gasteiger partial charge on any atom is 0.337 e. The number of amides is 2. The van der Waals surface area contributed by atoms with Crippen LogP contribution in [0.15, 0.2) is 29.2 Å². The van der Waals surface area contributed by atoms with E-state index in [9.17, 15) is 14.4 Å². The van der Waals surface area contributed by atoms with E-state index in [2.05, 4.69) is 5.32 Å². The second kappa shape index (κ2) is 11.4. The number of ether oxygens (including phenoxy) is 1. The summed E-state index contributed by atoms with van der Waals surface area (Å²) in [7, 11) is 1.34. The maximum absolute atomic E-state index is 12.7. The van der Waals surface area contributed by atoms with Gasteiger partial charge in [-0.05, 0) is 49.5 Å². The van der Waals surface area contributed by atoms with Crippen LogP contribution in [0.4, 0.5) is 0 Å². The van der Waals surface area contributed by atoms with Crippen molar-refractivity contribution in [1.82, 2.24) is 10.2 Å². The minimum absolute atomic E-state index is 0.0916. The van der Waals surface area contributed by atoms with E-state index in [4.69, 9.17) is 17.0 Å². The Morgan fingerprint density at radius 2 is 1.90 bits per heavy atom. The zero-order chi connectivity index (χ0) is 22.2. The van der Waals surface area contributed by atoms with Crippen LogP contribution in [0, 0.1) is 0 Å². The van der Waals surface area contributed by atoms with Gasteiger partial charge in [-0.25, -0.2) is 4.79 Å². The fourth-order valence-electron chi connectivity index (χ4n) is 3.78. The van der Waals surface area contributed by atoms with E-state index in [1.54, 1.807) is 35.2 Å². The number of hydrogen-bond acceptors (Lipinski definition) is 6. The number of rotatable bonds is 9. The van der Waals surface area contributed by atoms with Gasteiger partial charge < -0.3 is 10.1 Å². The molecule has 2 amide bonds. The molecule has 0 spiro atoms. The second-order valence-electron chi connectivity index (χ2n) is 7.81. The van der Waals surface area contributed by atoms with Crippen LogP contribution < -0.4 is 5.32 Å². The predicted octanol–water partition coefficient (Wildman–Crippen LogP) is 4.29. The molecule has 0 unspecified atom stereocenters. The van der Waals surface area contributed by atoms with Crippen LogP contribution in [0.5, 0.6) is 0 Å². The maximum atomic E-state index is 12.7. The quantitative estimate of drug-likeness (QED) is 0.256. The number of benzene rings is 1. The third-order valence-electron chi connectivity index (χ3n) is 5.51. The number of esters is 1. The van der Waals surface area contributed by atoms with Gasteiger partial charge in [0.1, 0.15) is 4.32 Å². The number of thiocarbonyl (C=S) groups is 1. The van der Waals surface area contributed by atoms with Crippen LogP contribution in [-0.2, 0) is 14.3 Å². The molecule has 0 bridgehead atoms. The summed E-state index contributed by atoms with van der Waals surface area (Å²) in [6.07, 6.45) is 9.45. The average molecular weight is 461 g/mol. The first-order valence-electron chi connectivity index (χ1n) is 10.7. The molecule has 1 saturated heterocycles. The Labute approximate surface area is 192 Å². The molecule has 1 aliphatic heterocycles. The molecule has 1 aromatic carbocycles. The first-order valence-corrected chi connectivity index (χ1v) is 11.9. The van der Waals surface area contributed by atoms with Gasteiger partial charge in [-0.1, -0.05) is 55.4 Å². The van der Waals surface area contributed by atoms with Crippen LogP contribution in [0.25, 0.3) is 6.08 Å². The van der Waals surface area contributed by atoms with E-state index < -0.39 is 5.97 Å². The highest BCUT2D eigenvalue weighted by molar-refractivity contribution is 8.26. The van der Waals surface area contributed by atoms with Crippen LogP contribution >= 0.6 is 24.0 Å². The van der Waals surface area contributed by atoms with Gasteiger partial charge in [0.25, 0.3) is 5.91 Å². The number of methoxy groups -OCH3 is 1. The molecule has 1 saturated carbocycles. The average Bonchev–Trinajstić information content (AvgIpc) is 3.36. The molecule has 0 radical (unpaired) electrons. The molecule has 1 N–H and O–H groups in total. The minimum atomic E-state index is -0.395. The van der Waals surface area contributed by atoms with E-state index in [0.717, 1.165) is 37.7 Å². The number of unbranched alkanes of at least 4 members (excludes halogenated alkanes) is 2. The molecule has 166 valence electrons. The Balaban J connectivity index is 1.42. The fourth-order valence-corrected chi connectivity index (χ4v) is 5.09. The zero-order valence-electron chi connectivity index (χ0n) is 17.7. The molecule has 3 rings (SSSR count). The lowest BCUT2D eigenvalue weighted by atomic mass is 10.1. The van der Waals surface area contributed by atoms with E-state index in [1.807, 2.05) is 0 Å². The summed E-state index contributed by atoms with van der Waals surface area (Å²) >= 11 is 6.67. The van der Waals surface area contributed by atoms with Crippen LogP contribution in [0.2, 0.25) is 0 Å². The topological polar surface area (TPSA) is 75.7 Å². The Hall–Kier alpha value is -2.19. The molecule has 31 heavy (non-hydrogen) atoms. The minimum Gasteiger partial charge on any atom is -0.465 e. The molecule has 6 nitrogen and oxygen atoms in total. The van der Waals surface area contributed by atoms with Gasteiger partial charge in [-0.15, -0.1) is 0 Å². The Morgan fingerprint density at radius 1 is 1.19 bits per heavy atom. The Kier molecular flexibility index (Phi) is 8.66. The second-order valence-corrected chi connectivity index (χ2v) is 9.48. The zero-order valence-corrected chi connectivity index (χ0v) is 19.4. The fraction of sp³-hybridized carbons (Fsp3) is 0.478. The van der Waals surface area contributed by atoms with Crippen molar-refractivity contribution in [3.05, 3.63) is 40.3 Å². The third kappa shape index (κ3) is 6.64.